The third-order valence-corrected chi connectivity index (χ3v) is 2.04. The zero-order valence-electron chi connectivity index (χ0n) is 8.69. The molecule has 9 heteroatoms. The fourth-order valence-corrected chi connectivity index (χ4v) is 1.33. The molecule has 1 aromatic carbocycles. The van der Waals surface area contributed by atoms with E-state index in [0.717, 1.165) is 12.1 Å². The van der Waals surface area contributed by atoms with Crippen LogP contribution in [0.15, 0.2) is 12.1 Å². The van der Waals surface area contributed by atoms with Crippen molar-refractivity contribution in [3.05, 3.63) is 22.2 Å². The maximum atomic E-state index is 12.0. The van der Waals surface area contributed by atoms with Crippen molar-refractivity contribution in [2.24, 2.45) is 0 Å². The molecule has 18 heavy (non-hydrogen) atoms. The van der Waals surface area contributed by atoms with Crippen molar-refractivity contribution in [1.82, 2.24) is 0 Å². The summed E-state index contributed by atoms with van der Waals surface area (Å²) in [6.45, 7) is -1.76. The van der Waals surface area contributed by atoms with Crippen molar-refractivity contribution in [2.75, 3.05) is 13.4 Å². The topological polar surface area (TPSA) is 70.8 Å². The van der Waals surface area contributed by atoms with Crippen molar-refractivity contribution in [1.29, 1.82) is 0 Å². The predicted octanol–water partition coefficient (Wildman–Crippen LogP) is 2.26. The van der Waals surface area contributed by atoms with Crippen LogP contribution in [0.5, 0.6) is 17.2 Å². The second-order valence-corrected chi connectivity index (χ2v) is 3.33. The lowest BCUT2D eigenvalue weighted by atomic mass is 10.2. The number of benzene rings is 1. The summed E-state index contributed by atoms with van der Waals surface area (Å²) in [6.07, 6.45) is -4.58. The van der Waals surface area contributed by atoms with Gasteiger partial charge in [0.25, 0.3) is 0 Å². The number of ether oxygens (including phenoxy) is 3. The predicted molar refractivity (Wildman–Crippen MR) is 50.8 cm³/mol. The van der Waals surface area contributed by atoms with Crippen molar-refractivity contribution in [3.63, 3.8) is 0 Å². The lowest BCUT2D eigenvalue weighted by molar-refractivity contribution is -0.386. The summed E-state index contributed by atoms with van der Waals surface area (Å²) in [5.74, 6) is -0.305. The van der Waals surface area contributed by atoms with E-state index in [4.69, 9.17) is 9.47 Å². The Balaban J connectivity index is 2.30. The first-order valence-electron chi connectivity index (χ1n) is 4.64. The molecule has 98 valence electrons. The van der Waals surface area contributed by atoms with E-state index in [9.17, 15) is 23.3 Å². The number of hydrogen-bond acceptors (Lipinski definition) is 5. The fraction of sp³-hybridized carbons (Fsp3) is 0.333. The molecule has 0 saturated carbocycles. The van der Waals surface area contributed by atoms with Gasteiger partial charge >= 0.3 is 11.9 Å². The molecular weight excluding hydrogens is 259 g/mol. The van der Waals surface area contributed by atoms with E-state index in [1.54, 1.807) is 0 Å². The molecule has 0 aliphatic carbocycles. The summed E-state index contributed by atoms with van der Waals surface area (Å²) in [6, 6.07) is 1.97. The number of nitro benzene ring substituents is 1. The minimum absolute atomic E-state index is 0.0982. The standard InChI is InChI=1S/C9H6F3NO5/c10-9(11,12)3-16-6-2-8-7(17-4-18-8)1-5(6)13(14)15/h1-2H,3-4H2. The third kappa shape index (κ3) is 2.55. The Morgan fingerprint density at radius 2 is 1.94 bits per heavy atom. The number of fused-ring (bicyclic) bond motifs is 1. The normalized spacial score (nSPS) is 13.5. The summed E-state index contributed by atoms with van der Waals surface area (Å²) in [5, 5.41) is 10.7. The van der Waals surface area contributed by atoms with Crippen LogP contribution in [0.3, 0.4) is 0 Å². The smallest absolute Gasteiger partial charge is 0.422 e. The zero-order chi connectivity index (χ0) is 13.3. The van der Waals surface area contributed by atoms with Gasteiger partial charge in [0.05, 0.1) is 11.0 Å². The Morgan fingerprint density at radius 3 is 2.50 bits per heavy atom. The molecule has 0 fully saturated rings. The minimum atomic E-state index is -4.58. The SMILES string of the molecule is O=[N+]([O-])c1cc2c(cc1OCC(F)(F)F)OCO2. The highest BCUT2D eigenvalue weighted by Gasteiger charge is 2.31. The van der Waals surface area contributed by atoms with Gasteiger partial charge in [0, 0.05) is 6.07 Å². The molecule has 1 aliphatic heterocycles. The number of nitro groups is 1. The monoisotopic (exact) mass is 265 g/mol. The molecule has 6 nitrogen and oxygen atoms in total. The number of alkyl halides is 3. The van der Waals surface area contributed by atoms with Crippen molar-refractivity contribution >= 4 is 5.69 Å². The Morgan fingerprint density at radius 1 is 1.33 bits per heavy atom. The summed E-state index contributed by atoms with van der Waals surface area (Å²) in [4.78, 5) is 9.84. The minimum Gasteiger partial charge on any atom is -0.477 e. The molecule has 1 heterocycles. The molecule has 0 aromatic heterocycles. The molecule has 0 amide bonds. The molecule has 1 aromatic rings. The molecule has 2 rings (SSSR count). The van der Waals surface area contributed by atoms with E-state index < -0.39 is 29.1 Å². The van der Waals surface area contributed by atoms with Gasteiger partial charge in [-0.1, -0.05) is 0 Å². The molecule has 1 aliphatic rings. The van der Waals surface area contributed by atoms with Crippen LogP contribution < -0.4 is 14.2 Å². The van der Waals surface area contributed by atoms with Crippen LogP contribution in [0.25, 0.3) is 0 Å². The van der Waals surface area contributed by atoms with Gasteiger partial charge in [0.2, 0.25) is 12.5 Å². The van der Waals surface area contributed by atoms with Crippen molar-refractivity contribution in [2.45, 2.75) is 6.18 Å². The summed E-state index contributed by atoms with van der Waals surface area (Å²) < 4.78 is 50.2. The van der Waals surface area contributed by atoms with Gasteiger partial charge in [0.1, 0.15) is 0 Å². The summed E-state index contributed by atoms with van der Waals surface area (Å²) >= 11 is 0. The number of rotatable bonds is 3. The zero-order valence-corrected chi connectivity index (χ0v) is 8.69. The van der Waals surface area contributed by atoms with Gasteiger partial charge in [-0.3, -0.25) is 10.1 Å². The quantitative estimate of drug-likeness (QED) is 0.619. The highest BCUT2D eigenvalue weighted by molar-refractivity contribution is 5.58. The lowest BCUT2D eigenvalue weighted by Crippen LogP contribution is -2.19. The Labute approximate surface area is 98.0 Å². The van der Waals surface area contributed by atoms with Crippen LogP contribution in [0.4, 0.5) is 18.9 Å². The summed E-state index contributed by atoms with van der Waals surface area (Å²) in [7, 11) is 0. The third-order valence-electron chi connectivity index (χ3n) is 2.04. The molecule has 0 N–H and O–H groups in total. The molecule has 0 radical (unpaired) electrons. The van der Waals surface area contributed by atoms with Gasteiger partial charge < -0.3 is 14.2 Å². The van der Waals surface area contributed by atoms with Crippen molar-refractivity contribution < 1.29 is 32.3 Å². The van der Waals surface area contributed by atoms with E-state index in [1.807, 2.05) is 0 Å². The largest absolute Gasteiger partial charge is 0.477 e. The van der Waals surface area contributed by atoms with Crippen LogP contribution in [0.2, 0.25) is 0 Å². The Bertz CT molecular complexity index is 488. The van der Waals surface area contributed by atoms with Crippen molar-refractivity contribution in [3.8, 4) is 17.2 Å². The van der Waals surface area contributed by atoms with E-state index in [-0.39, 0.29) is 18.3 Å². The summed E-state index contributed by atoms with van der Waals surface area (Å²) in [5.41, 5.74) is -0.608. The van der Waals surface area contributed by atoms with Crippen LogP contribution in [0.1, 0.15) is 0 Å². The first kappa shape index (κ1) is 12.3. The van der Waals surface area contributed by atoms with Gasteiger partial charge in [-0.2, -0.15) is 13.2 Å². The number of nitrogens with zero attached hydrogens (tertiary/aromatic N) is 1. The fourth-order valence-electron chi connectivity index (χ4n) is 1.33. The Kier molecular flexibility index (Phi) is 2.89. The Hall–Kier alpha value is -2.19. The second kappa shape index (κ2) is 4.24. The molecule has 0 atom stereocenters. The van der Waals surface area contributed by atoms with Crippen LogP contribution in [0, 0.1) is 10.1 Å². The maximum Gasteiger partial charge on any atom is 0.422 e. The van der Waals surface area contributed by atoms with E-state index in [0.29, 0.717) is 0 Å². The molecule has 0 saturated heterocycles. The van der Waals surface area contributed by atoms with Crippen LogP contribution in [-0.2, 0) is 0 Å². The van der Waals surface area contributed by atoms with E-state index >= 15 is 0 Å². The average molecular weight is 265 g/mol. The number of hydrogen-bond donors (Lipinski definition) is 0. The van der Waals surface area contributed by atoms with Gasteiger partial charge in [-0.05, 0) is 0 Å². The van der Waals surface area contributed by atoms with E-state index in [1.165, 1.54) is 0 Å². The van der Waals surface area contributed by atoms with Crippen LogP contribution in [-0.4, -0.2) is 24.5 Å². The second-order valence-electron chi connectivity index (χ2n) is 3.33. The molecular formula is C9H6F3NO5. The highest BCUT2D eigenvalue weighted by Crippen LogP contribution is 2.42. The van der Waals surface area contributed by atoms with Gasteiger partial charge in [0.15, 0.2) is 18.1 Å². The van der Waals surface area contributed by atoms with Gasteiger partial charge in [-0.25, -0.2) is 0 Å². The van der Waals surface area contributed by atoms with Gasteiger partial charge in [-0.15, -0.1) is 0 Å². The van der Waals surface area contributed by atoms with Crippen LogP contribution >= 0.6 is 0 Å². The first-order valence-corrected chi connectivity index (χ1v) is 4.64. The molecule has 0 unspecified atom stereocenters. The maximum absolute atomic E-state index is 12.0. The highest BCUT2D eigenvalue weighted by atomic mass is 19.4. The number of halogens is 3. The first-order chi connectivity index (χ1) is 8.37. The average Bonchev–Trinajstić information content (AvgIpc) is 2.70. The molecule has 0 bridgehead atoms. The lowest BCUT2D eigenvalue weighted by Gasteiger charge is -2.09. The molecule has 0 spiro atoms. The van der Waals surface area contributed by atoms with E-state index in [2.05, 4.69) is 4.74 Å².